The number of hydrogen-bond acceptors (Lipinski definition) is 4. The molecule has 2 aliphatic rings. The number of carbonyl (C=O) groups excluding carboxylic acids is 2. The van der Waals surface area contributed by atoms with Gasteiger partial charge in [0.1, 0.15) is 11.6 Å². The van der Waals surface area contributed by atoms with E-state index < -0.39 is 17.7 Å². The third kappa shape index (κ3) is 4.93. The molecule has 0 aromatic heterocycles. The molecular formula is C18H31NO4. The van der Waals surface area contributed by atoms with Gasteiger partial charge in [0.2, 0.25) is 0 Å². The van der Waals surface area contributed by atoms with E-state index in [4.69, 9.17) is 9.47 Å². The Balaban J connectivity index is 2.00. The minimum absolute atomic E-state index is 0.0643. The van der Waals surface area contributed by atoms with Crippen LogP contribution in [-0.2, 0) is 14.3 Å². The molecule has 5 heteroatoms. The minimum Gasteiger partial charge on any atom is -0.444 e. The average molecular weight is 325 g/mol. The fraction of sp³-hybridized carbons (Fsp3) is 0.889. The van der Waals surface area contributed by atoms with Crippen LogP contribution in [0.15, 0.2) is 0 Å². The second-order valence-electron chi connectivity index (χ2n) is 7.79. The number of hydrogen-bond donors (Lipinski definition) is 0. The topological polar surface area (TPSA) is 55.8 Å². The third-order valence-electron chi connectivity index (χ3n) is 4.91. The lowest BCUT2D eigenvalue weighted by Gasteiger charge is -2.38. The first-order valence-corrected chi connectivity index (χ1v) is 8.93. The van der Waals surface area contributed by atoms with Gasteiger partial charge in [0.25, 0.3) is 0 Å². The number of ketones is 1. The van der Waals surface area contributed by atoms with Gasteiger partial charge in [0.15, 0.2) is 5.78 Å². The highest BCUT2D eigenvalue weighted by Crippen LogP contribution is 2.32. The van der Waals surface area contributed by atoms with Crippen molar-refractivity contribution in [1.82, 2.24) is 4.90 Å². The maximum atomic E-state index is 12.9. The van der Waals surface area contributed by atoms with Crippen molar-refractivity contribution in [1.29, 1.82) is 0 Å². The summed E-state index contributed by atoms with van der Waals surface area (Å²) in [7, 11) is 0. The summed E-state index contributed by atoms with van der Waals surface area (Å²) in [5.41, 5.74) is -0.553. The van der Waals surface area contributed by atoms with Crippen LogP contribution in [0.2, 0.25) is 0 Å². The summed E-state index contributed by atoms with van der Waals surface area (Å²) in [6.07, 6.45) is 4.91. The van der Waals surface area contributed by atoms with Gasteiger partial charge in [-0.1, -0.05) is 13.3 Å². The van der Waals surface area contributed by atoms with Crippen LogP contribution >= 0.6 is 0 Å². The fourth-order valence-corrected chi connectivity index (χ4v) is 3.51. The fourth-order valence-electron chi connectivity index (χ4n) is 3.51. The molecule has 1 aliphatic heterocycles. The Hall–Kier alpha value is -1.10. The molecule has 2 fully saturated rings. The van der Waals surface area contributed by atoms with E-state index in [1.807, 2.05) is 20.8 Å². The Labute approximate surface area is 139 Å². The number of carbonyl (C=O) groups is 2. The minimum atomic E-state index is -0.553. The molecule has 2 rings (SSSR count). The van der Waals surface area contributed by atoms with Crippen molar-refractivity contribution in [3.8, 4) is 0 Å². The molecule has 23 heavy (non-hydrogen) atoms. The van der Waals surface area contributed by atoms with E-state index in [1.165, 1.54) is 6.42 Å². The number of nitrogens with zero attached hydrogens (tertiary/aromatic N) is 1. The van der Waals surface area contributed by atoms with Gasteiger partial charge in [0.05, 0.1) is 13.2 Å². The van der Waals surface area contributed by atoms with Crippen LogP contribution in [-0.4, -0.2) is 48.2 Å². The quantitative estimate of drug-likeness (QED) is 0.798. The monoisotopic (exact) mass is 325 g/mol. The SMILES string of the molecule is CCC1CCC(C(=O)C2COCCN2C(=O)OC(C)(C)C)CC1. The van der Waals surface area contributed by atoms with Crippen LogP contribution in [0.25, 0.3) is 0 Å². The molecule has 1 amide bonds. The van der Waals surface area contributed by atoms with Gasteiger partial charge in [0, 0.05) is 12.5 Å². The number of Topliss-reactive ketones (excluding diaryl/α,β-unsaturated/α-hetero) is 1. The molecule has 1 aliphatic carbocycles. The molecule has 1 unspecified atom stereocenters. The second kappa shape index (κ2) is 7.65. The van der Waals surface area contributed by atoms with Gasteiger partial charge in [-0.05, 0) is 52.4 Å². The number of morpholine rings is 1. The van der Waals surface area contributed by atoms with Gasteiger partial charge in [-0.15, -0.1) is 0 Å². The van der Waals surface area contributed by atoms with Crippen LogP contribution in [0.4, 0.5) is 4.79 Å². The third-order valence-corrected chi connectivity index (χ3v) is 4.91. The lowest BCUT2D eigenvalue weighted by molar-refractivity contribution is -0.135. The van der Waals surface area contributed by atoms with E-state index in [9.17, 15) is 9.59 Å². The maximum absolute atomic E-state index is 12.9. The van der Waals surface area contributed by atoms with E-state index in [-0.39, 0.29) is 11.7 Å². The lowest BCUT2D eigenvalue weighted by Crippen LogP contribution is -2.55. The van der Waals surface area contributed by atoms with Crippen LogP contribution in [0.5, 0.6) is 0 Å². The number of amides is 1. The van der Waals surface area contributed by atoms with Crippen molar-refractivity contribution in [2.75, 3.05) is 19.8 Å². The van der Waals surface area contributed by atoms with E-state index in [0.29, 0.717) is 19.8 Å². The molecule has 1 heterocycles. The predicted molar refractivity (Wildman–Crippen MR) is 88.3 cm³/mol. The molecule has 5 nitrogen and oxygen atoms in total. The zero-order chi connectivity index (χ0) is 17.0. The highest BCUT2D eigenvalue weighted by Gasteiger charge is 2.39. The summed E-state index contributed by atoms with van der Waals surface area (Å²) in [6.45, 7) is 8.93. The first kappa shape index (κ1) is 18.2. The normalized spacial score (nSPS) is 29.2. The first-order chi connectivity index (χ1) is 10.8. The summed E-state index contributed by atoms with van der Waals surface area (Å²) in [5.74, 6) is 0.975. The first-order valence-electron chi connectivity index (χ1n) is 8.93. The largest absolute Gasteiger partial charge is 0.444 e. The molecular weight excluding hydrogens is 294 g/mol. The molecule has 132 valence electrons. The zero-order valence-electron chi connectivity index (χ0n) is 15.0. The van der Waals surface area contributed by atoms with E-state index in [1.54, 1.807) is 4.90 Å². The number of ether oxygens (including phenoxy) is 2. The van der Waals surface area contributed by atoms with E-state index in [0.717, 1.165) is 31.6 Å². The van der Waals surface area contributed by atoms with Crippen molar-refractivity contribution < 1.29 is 19.1 Å². The smallest absolute Gasteiger partial charge is 0.411 e. The van der Waals surface area contributed by atoms with Gasteiger partial charge in [-0.25, -0.2) is 4.79 Å². The van der Waals surface area contributed by atoms with E-state index in [2.05, 4.69) is 6.92 Å². The molecule has 0 aromatic rings. The van der Waals surface area contributed by atoms with Crippen LogP contribution in [0, 0.1) is 11.8 Å². The molecule has 0 aromatic carbocycles. The molecule has 1 saturated carbocycles. The van der Waals surface area contributed by atoms with Gasteiger partial charge in [-0.2, -0.15) is 0 Å². The Bertz CT molecular complexity index is 421. The Morgan fingerprint density at radius 2 is 1.83 bits per heavy atom. The Morgan fingerprint density at radius 3 is 2.39 bits per heavy atom. The summed E-state index contributed by atoms with van der Waals surface area (Å²) in [5, 5.41) is 0. The van der Waals surface area contributed by atoms with Crippen molar-refractivity contribution in [2.24, 2.45) is 11.8 Å². The molecule has 0 spiro atoms. The second-order valence-corrected chi connectivity index (χ2v) is 7.79. The molecule has 1 atom stereocenters. The summed E-state index contributed by atoms with van der Waals surface area (Å²) >= 11 is 0. The molecule has 0 N–H and O–H groups in total. The van der Waals surface area contributed by atoms with Crippen LogP contribution < -0.4 is 0 Å². The average Bonchev–Trinajstić information content (AvgIpc) is 2.52. The van der Waals surface area contributed by atoms with Gasteiger partial charge < -0.3 is 9.47 Å². The summed E-state index contributed by atoms with van der Waals surface area (Å²) in [6, 6.07) is -0.484. The van der Waals surface area contributed by atoms with Crippen LogP contribution in [0.1, 0.15) is 59.8 Å². The molecule has 0 radical (unpaired) electrons. The molecule has 0 bridgehead atoms. The Morgan fingerprint density at radius 1 is 1.17 bits per heavy atom. The van der Waals surface area contributed by atoms with Crippen molar-refractivity contribution in [3.05, 3.63) is 0 Å². The van der Waals surface area contributed by atoms with E-state index >= 15 is 0 Å². The van der Waals surface area contributed by atoms with Crippen molar-refractivity contribution >= 4 is 11.9 Å². The summed E-state index contributed by atoms with van der Waals surface area (Å²) < 4.78 is 10.9. The van der Waals surface area contributed by atoms with Gasteiger partial charge >= 0.3 is 6.09 Å². The zero-order valence-corrected chi connectivity index (χ0v) is 15.0. The highest BCUT2D eigenvalue weighted by molar-refractivity contribution is 5.89. The lowest BCUT2D eigenvalue weighted by atomic mass is 9.77. The standard InChI is InChI=1S/C18H31NO4/c1-5-13-6-8-14(9-7-13)16(20)15-12-22-11-10-19(15)17(21)23-18(2,3)4/h13-15H,5-12H2,1-4H3. The summed E-state index contributed by atoms with van der Waals surface area (Å²) in [4.78, 5) is 26.9. The maximum Gasteiger partial charge on any atom is 0.411 e. The van der Waals surface area contributed by atoms with Crippen molar-refractivity contribution in [2.45, 2.75) is 71.4 Å². The van der Waals surface area contributed by atoms with Crippen LogP contribution in [0.3, 0.4) is 0 Å². The molecule has 1 saturated heterocycles. The Kier molecular flexibility index (Phi) is 6.06. The highest BCUT2D eigenvalue weighted by atomic mass is 16.6. The van der Waals surface area contributed by atoms with Crippen molar-refractivity contribution in [3.63, 3.8) is 0 Å². The number of rotatable bonds is 3. The predicted octanol–water partition coefficient (Wildman–Crippen LogP) is 3.41. The van der Waals surface area contributed by atoms with Gasteiger partial charge in [-0.3, -0.25) is 9.69 Å².